The highest BCUT2D eigenvalue weighted by Gasteiger charge is 2.25. The van der Waals surface area contributed by atoms with Gasteiger partial charge in [0.15, 0.2) is 5.78 Å². The molecule has 2 N–H and O–H groups in total. The van der Waals surface area contributed by atoms with Crippen LogP contribution in [0.1, 0.15) is 0 Å². The van der Waals surface area contributed by atoms with Gasteiger partial charge in [0, 0.05) is 14.2 Å². The second-order valence-corrected chi connectivity index (χ2v) is 2.30. The van der Waals surface area contributed by atoms with Crippen molar-refractivity contribution in [3.63, 3.8) is 0 Å². The summed E-state index contributed by atoms with van der Waals surface area (Å²) >= 11 is 0. The van der Waals surface area contributed by atoms with Gasteiger partial charge in [-0.05, 0) is 0 Å². The third kappa shape index (κ3) is 3.27. The first kappa shape index (κ1) is 11.5. The third-order valence-corrected chi connectivity index (χ3v) is 1.41. The van der Waals surface area contributed by atoms with E-state index in [4.69, 9.17) is 5.11 Å². The summed E-state index contributed by atoms with van der Waals surface area (Å²) < 4.78 is 9.29. The van der Waals surface area contributed by atoms with Gasteiger partial charge in [0.2, 0.25) is 0 Å². The monoisotopic (exact) mass is 178 g/mol. The summed E-state index contributed by atoms with van der Waals surface area (Å²) in [6.45, 7) is -0.635. The van der Waals surface area contributed by atoms with Crippen molar-refractivity contribution in [1.82, 2.24) is 0 Å². The van der Waals surface area contributed by atoms with Crippen molar-refractivity contribution in [2.45, 2.75) is 12.2 Å². The maximum Gasteiger partial charge on any atom is 0.189 e. The van der Waals surface area contributed by atoms with E-state index in [0.717, 1.165) is 0 Å². The van der Waals surface area contributed by atoms with Crippen LogP contribution in [0.3, 0.4) is 0 Å². The van der Waals surface area contributed by atoms with Crippen molar-refractivity contribution >= 4 is 5.78 Å². The topological polar surface area (TPSA) is 76.0 Å². The predicted molar refractivity (Wildman–Crippen MR) is 40.8 cm³/mol. The average molecular weight is 178 g/mol. The lowest BCUT2D eigenvalue weighted by Gasteiger charge is -2.18. The number of ether oxygens (including phenoxy) is 2. The van der Waals surface area contributed by atoms with Crippen molar-refractivity contribution in [3.8, 4) is 0 Å². The van der Waals surface area contributed by atoms with Crippen molar-refractivity contribution in [2.75, 3.05) is 27.4 Å². The normalized spacial score (nSPS) is 15.7. The number of methoxy groups -OCH3 is 2. The number of hydrogen-bond acceptors (Lipinski definition) is 5. The Morgan fingerprint density at radius 1 is 1.50 bits per heavy atom. The van der Waals surface area contributed by atoms with Gasteiger partial charge in [-0.1, -0.05) is 0 Å². The second kappa shape index (κ2) is 6.07. The molecule has 5 heteroatoms. The Labute approximate surface area is 70.9 Å². The lowest BCUT2D eigenvalue weighted by atomic mass is 10.1. The standard InChI is InChI=1S/C7H14O5/c1-11-4-6(10)7(12-2)5(9)3-8/h6-8,10H,3-4H2,1-2H3/t6-,7+/m1/s1. The minimum Gasteiger partial charge on any atom is -0.388 e. The Kier molecular flexibility index (Phi) is 5.83. The van der Waals surface area contributed by atoms with Gasteiger partial charge in [0.05, 0.1) is 6.61 Å². The molecule has 0 bridgehead atoms. The van der Waals surface area contributed by atoms with Gasteiger partial charge in [-0.3, -0.25) is 4.79 Å². The van der Waals surface area contributed by atoms with Crippen LogP contribution in [0.4, 0.5) is 0 Å². The van der Waals surface area contributed by atoms with Gasteiger partial charge >= 0.3 is 0 Å². The zero-order chi connectivity index (χ0) is 9.56. The summed E-state index contributed by atoms with van der Waals surface area (Å²) in [7, 11) is 2.69. The highest BCUT2D eigenvalue weighted by Crippen LogP contribution is 2.00. The number of aliphatic hydroxyl groups excluding tert-OH is 2. The van der Waals surface area contributed by atoms with Gasteiger partial charge in [0.25, 0.3) is 0 Å². The molecule has 0 saturated carbocycles. The minimum atomic E-state index is -1.03. The van der Waals surface area contributed by atoms with E-state index < -0.39 is 24.6 Å². The number of ketones is 1. The van der Waals surface area contributed by atoms with Crippen LogP contribution in [0.5, 0.6) is 0 Å². The third-order valence-electron chi connectivity index (χ3n) is 1.41. The Morgan fingerprint density at radius 2 is 2.08 bits per heavy atom. The van der Waals surface area contributed by atoms with Crippen LogP contribution in [0.15, 0.2) is 0 Å². The number of rotatable bonds is 6. The van der Waals surface area contributed by atoms with Crippen LogP contribution < -0.4 is 0 Å². The van der Waals surface area contributed by atoms with Crippen LogP contribution in [0, 0.1) is 0 Å². The summed E-state index contributed by atoms with van der Waals surface area (Å²) in [6, 6.07) is 0. The number of carbonyl (C=O) groups excluding carboxylic acids is 1. The molecule has 0 aromatic heterocycles. The summed E-state index contributed by atoms with van der Waals surface area (Å²) in [5.41, 5.74) is 0. The lowest BCUT2D eigenvalue weighted by molar-refractivity contribution is -0.140. The molecule has 0 aliphatic rings. The number of aliphatic hydroxyl groups is 2. The zero-order valence-electron chi connectivity index (χ0n) is 7.19. The molecule has 0 aliphatic heterocycles. The van der Waals surface area contributed by atoms with Gasteiger partial charge < -0.3 is 19.7 Å². The van der Waals surface area contributed by atoms with Crippen LogP contribution >= 0.6 is 0 Å². The molecule has 0 heterocycles. The fourth-order valence-electron chi connectivity index (χ4n) is 0.851. The Bertz CT molecular complexity index is 136. The first-order valence-corrected chi connectivity index (χ1v) is 3.50. The second-order valence-electron chi connectivity index (χ2n) is 2.30. The van der Waals surface area contributed by atoms with E-state index in [-0.39, 0.29) is 6.61 Å². The van der Waals surface area contributed by atoms with E-state index >= 15 is 0 Å². The maximum absolute atomic E-state index is 10.9. The van der Waals surface area contributed by atoms with Crippen LogP contribution in [-0.4, -0.2) is 55.6 Å². The lowest BCUT2D eigenvalue weighted by Crippen LogP contribution is -2.40. The molecule has 5 nitrogen and oxygen atoms in total. The molecule has 12 heavy (non-hydrogen) atoms. The fourth-order valence-corrected chi connectivity index (χ4v) is 0.851. The summed E-state index contributed by atoms with van der Waals surface area (Å²) in [4.78, 5) is 10.9. The quantitative estimate of drug-likeness (QED) is 0.521. The highest BCUT2D eigenvalue weighted by molar-refractivity contribution is 5.84. The summed E-state index contributed by atoms with van der Waals surface area (Å²) in [6.07, 6.45) is -2.03. The molecule has 0 fully saturated rings. The molecule has 0 saturated heterocycles. The molecular formula is C7H14O5. The van der Waals surface area contributed by atoms with Gasteiger partial charge in [0.1, 0.15) is 18.8 Å². The van der Waals surface area contributed by atoms with Crippen molar-refractivity contribution < 1.29 is 24.5 Å². The van der Waals surface area contributed by atoms with Crippen LogP contribution in [-0.2, 0) is 14.3 Å². The first-order valence-electron chi connectivity index (χ1n) is 3.50. The minimum absolute atomic E-state index is 0.00421. The van der Waals surface area contributed by atoms with Crippen LogP contribution in [0.2, 0.25) is 0 Å². The average Bonchev–Trinajstić information content (AvgIpc) is 2.06. The molecule has 2 atom stereocenters. The van der Waals surface area contributed by atoms with Crippen molar-refractivity contribution in [1.29, 1.82) is 0 Å². The molecule has 0 aromatic carbocycles. The Balaban J connectivity index is 4.03. The summed E-state index contributed by atoms with van der Waals surface area (Å²) in [5, 5.41) is 17.7. The van der Waals surface area contributed by atoms with E-state index in [1.54, 1.807) is 0 Å². The molecule has 0 amide bonds. The molecule has 0 radical (unpaired) electrons. The van der Waals surface area contributed by atoms with Gasteiger partial charge in [-0.25, -0.2) is 0 Å². The molecule has 0 aromatic rings. The first-order chi connectivity index (χ1) is 5.67. The summed E-state index contributed by atoms with van der Waals surface area (Å²) in [5.74, 6) is -0.554. The van der Waals surface area contributed by atoms with Crippen LogP contribution in [0.25, 0.3) is 0 Å². The van der Waals surface area contributed by atoms with E-state index in [1.165, 1.54) is 14.2 Å². The largest absolute Gasteiger partial charge is 0.388 e. The Hall–Kier alpha value is -0.490. The number of Topliss-reactive ketones (excluding diaryl/α,β-unsaturated/α-hetero) is 1. The van der Waals surface area contributed by atoms with E-state index in [9.17, 15) is 9.90 Å². The molecule has 0 unspecified atom stereocenters. The maximum atomic E-state index is 10.9. The molecular weight excluding hydrogens is 164 g/mol. The number of hydrogen-bond donors (Lipinski definition) is 2. The predicted octanol–water partition coefficient (Wildman–Crippen LogP) is -1.43. The van der Waals surface area contributed by atoms with E-state index in [0.29, 0.717) is 0 Å². The fraction of sp³-hybridized carbons (Fsp3) is 0.857. The molecule has 0 rings (SSSR count). The highest BCUT2D eigenvalue weighted by atomic mass is 16.5. The Morgan fingerprint density at radius 3 is 2.42 bits per heavy atom. The SMILES string of the molecule is COC[C@@H](O)[C@@H](OC)C(=O)CO. The smallest absolute Gasteiger partial charge is 0.189 e. The molecule has 0 aliphatic carbocycles. The van der Waals surface area contributed by atoms with E-state index in [2.05, 4.69) is 9.47 Å². The molecule has 72 valence electrons. The van der Waals surface area contributed by atoms with Gasteiger partial charge in [-0.15, -0.1) is 0 Å². The number of carbonyl (C=O) groups is 1. The zero-order valence-corrected chi connectivity index (χ0v) is 7.19. The van der Waals surface area contributed by atoms with Gasteiger partial charge in [-0.2, -0.15) is 0 Å². The van der Waals surface area contributed by atoms with E-state index in [1.807, 2.05) is 0 Å². The molecule has 0 spiro atoms. The van der Waals surface area contributed by atoms with Crippen molar-refractivity contribution in [2.24, 2.45) is 0 Å². The van der Waals surface area contributed by atoms with Crippen molar-refractivity contribution in [3.05, 3.63) is 0 Å².